The summed E-state index contributed by atoms with van der Waals surface area (Å²) in [5, 5.41) is 2.62. The fourth-order valence-corrected chi connectivity index (χ4v) is 0.986. The monoisotopic (exact) mass is 134 g/mol. The summed E-state index contributed by atoms with van der Waals surface area (Å²) in [5.74, 6) is -0.0395. The van der Waals surface area contributed by atoms with E-state index >= 15 is 0 Å². The highest BCUT2D eigenvalue weighted by Gasteiger charge is 2.21. The Labute approximate surface area is 57.8 Å². The van der Waals surface area contributed by atoms with Gasteiger partial charge >= 0.3 is 0 Å². The zero-order valence-corrected chi connectivity index (χ0v) is 5.22. The van der Waals surface area contributed by atoms with Gasteiger partial charge in [0.2, 0.25) is 0 Å². The maximum absolute atomic E-state index is 10.7. The van der Waals surface area contributed by atoms with Crippen molar-refractivity contribution in [3.05, 3.63) is 23.8 Å². The van der Waals surface area contributed by atoms with E-state index in [4.69, 9.17) is 5.73 Å². The average molecular weight is 134 g/mol. The quantitative estimate of drug-likeness (QED) is 0.516. The van der Waals surface area contributed by atoms with E-state index in [1.54, 1.807) is 18.2 Å². The van der Waals surface area contributed by atoms with Gasteiger partial charge in [0, 0.05) is 5.69 Å². The SMILES string of the molecule is Nc1ccc2c(c1)C(=O)N2. The van der Waals surface area contributed by atoms with E-state index in [1.165, 1.54) is 0 Å². The Bertz CT molecular complexity index is 306. The minimum atomic E-state index is -0.0395. The maximum atomic E-state index is 10.7. The highest BCUT2D eigenvalue weighted by molar-refractivity contribution is 6.18. The molecule has 0 aromatic heterocycles. The van der Waals surface area contributed by atoms with Crippen LogP contribution < -0.4 is 11.1 Å². The number of hydrogen-bond acceptors (Lipinski definition) is 2. The van der Waals surface area contributed by atoms with Crippen LogP contribution >= 0.6 is 0 Å². The number of nitrogen functional groups attached to an aromatic ring is 1. The van der Waals surface area contributed by atoms with Gasteiger partial charge in [0.1, 0.15) is 0 Å². The minimum Gasteiger partial charge on any atom is -0.399 e. The molecule has 0 radical (unpaired) electrons. The molecule has 0 bridgehead atoms. The molecular weight excluding hydrogens is 128 g/mol. The van der Waals surface area contributed by atoms with Gasteiger partial charge in [0.15, 0.2) is 0 Å². The molecule has 1 aromatic carbocycles. The third-order valence-electron chi connectivity index (χ3n) is 1.54. The van der Waals surface area contributed by atoms with Gasteiger partial charge < -0.3 is 11.1 Å². The van der Waals surface area contributed by atoms with E-state index in [9.17, 15) is 4.79 Å². The molecule has 1 aromatic rings. The molecule has 0 unspecified atom stereocenters. The second kappa shape index (κ2) is 1.50. The Morgan fingerprint density at radius 2 is 2.20 bits per heavy atom. The van der Waals surface area contributed by atoms with Crippen LogP contribution in [0, 0.1) is 0 Å². The smallest absolute Gasteiger partial charge is 0.257 e. The fourth-order valence-electron chi connectivity index (χ4n) is 0.986. The topological polar surface area (TPSA) is 55.1 Å². The lowest BCUT2D eigenvalue weighted by atomic mass is 10.1. The molecule has 1 heterocycles. The summed E-state index contributed by atoms with van der Waals surface area (Å²) in [7, 11) is 0. The van der Waals surface area contributed by atoms with Crippen LogP contribution in [0.4, 0.5) is 11.4 Å². The molecule has 1 aliphatic heterocycles. The van der Waals surface area contributed by atoms with Crippen molar-refractivity contribution < 1.29 is 4.79 Å². The Morgan fingerprint density at radius 3 is 2.80 bits per heavy atom. The van der Waals surface area contributed by atoms with Crippen LogP contribution in [0.5, 0.6) is 0 Å². The number of fused-ring (bicyclic) bond motifs is 1. The van der Waals surface area contributed by atoms with Crippen LogP contribution in [0.1, 0.15) is 10.4 Å². The number of benzene rings is 1. The van der Waals surface area contributed by atoms with Crippen LogP contribution in [0.15, 0.2) is 18.2 Å². The van der Waals surface area contributed by atoms with Crippen molar-refractivity contribution in [2.75, 3.05) is 11.1 Å². The molecule has 10 heavy (non-hydrogen) atoms. The lowest BCUT2D eigenvalue weighted by molar-refractivity contribution is 0.101. The minimum absolute atomic E-state index is 0.0395. The van der Waals surface area contributed by atoms with Gasteiger partial charge in [-0.2, -0.15) is 0 Å². The van der Waals surface area contributed by atoms with E-state index in [-0.39, 0.29) is 5.91 Å². The molecule has 2 rings (SSSR count). The first-order chi connectivity index (χ1) is 4.77. The second-order valence-corrected chi connectivity index (χ2v) is 2.26. The number of hydrogen-bond donors (Lipinski definition) is 2. The van der Waals surface area contributed by atoms with Gasteiger partial charge in [-0.3, -0.25) is 4.79 Å². The molecule has 3 N–H and O–H groups in total. The summed E-state index contributed by atoms with van der Waals surface area (Å²) in [6.07, 6.45) is 0. The van der Waals surface area contributed by atoms with Gasteiger partial charge in [-0.1, -0.05) is 0 Å². The molecule has 1 aliphatic rings. The third-order valence-corrected chi connectivity index (χ3v) is 1.54. The van der Waals surface area contributed by atoms with Crippen LogP contribution in [0.3, 0.4) is 0 Å². The molecule has 1 amide bonds. The molecule has 0 fully saturated rings. The lowest BCUT2D eigenvalue weighted by Crippen LogP contribution is -2.24. The number of amides is 1. The van der Waals surface area contributed by atoms with Crippen molar-refractivity contribution in [1.29, 1.82) is 0 Å². The largest absolute Gasteiger partial charge is 0.399 e. The van der Waals surface area contributed by atoms with Crippen LogP contribution in [0.25, 0.3) is 0 Å². The lowest BCUT2D eigenvalue weighted by Gasteiger charge is -2.18. The number of nitrogens with two attached hydrogens (primary N) is 1. The summed E-state index contributed by atoms with van der Waals surface area (Å²) in [6.45, 7) is 0. The van der Waals surface area contributed by atoms with E-state index in [2.05, 4.69) is 5.32 Å². The molecule has 0 saturated heterocycles. The molecule has 50 valence electrons. The van der Waals surface area contributed by atoms with E-state index in [0.29, 0.717) is 11.3 Å². The predicted molar refractivity (Wildman–Crippen MR) is 38.8 cm³/mol. The van der Waals surface area contributed by atoms with Crippen LogP contribution in [-0.2, 0) is 0 Å². The molecular formula is C7H6N2O. The number of rotatable bonds is 0. The number of carbonyl (C=O) groups excluding carboxylic acids is 1. The fraction of sp³-hybridized carbons (Fsp3) is 0. The summed E-state index contributed by atoms with van der Waals surface area (Å²) in [5.41, 5.74) is 7.65. The van der Waals surface area contributed by atoms with Gasteiger partial charge in [0.25, 0.3) is 5.91 Å². The first-order valence-electron chi connectivity index (χ1n) is 2.98. The summed E-state index contributed by atoms with van der Waals surface area (Å²) in [4.78, 5) is 10.7. The van der Waals surface area contributed by atoms with Crippen molar-refractivity contribution in [3.8, 4) is 0 Å². The highest BCUT2D eigenvalue weighted by atomic mass is 16.2. The Balaban J connectivity index is 2.61. The number of anilines is 2. The van der Waals surface area contributed by atoms with E-state index < -0.39 is 0 Å². The average Bonchev–Trinajstić information content (AvgIpc) is 1.92. The number of nitrogens with one attached hydrogen (secondary N) is 1. The first kappa shape index (κ1) is 5.29. The van der Waals surface area contributed by atoms with Gasteiger partial charge in [-0.15, -0.1) is 0 Å². The molecule has 3 nitrogen and oxygen atoms in total. The van der Waals surface area contributed by atoms with Crippen LogP contribution in [-0.4, -0.2) is 5.91 Å². The van der Waals surface area contributed by atoms with E-state index in [0.717, 1.165) is 5.69 Å². The molecule has 0 aliphatic carbocycles. The normalized spacial score (nSPS) is 13.4. The first-order valence-corrected chi connectivity index (χ1v) is 2.98. The van der Waals surface area contributed by atoms with Crippen molar-refractivity contribution >= 4 is 17.3 Å². The predicted octanol–water partition coefficient (Wildman–Crippen LogP) is 0.835. The van der Waals surface area contributed by atoms with Crippen molar-refractivity contribution in [1.82, 2.24) is 0 Å². The summed E-state index contributed by atoms with van der Waals surface area (Å²) in [6, 6.07) is 5.23. The molecule has 0 saturated carbocycles. The zero-order chi connectivity index (χ0) is 7.14. The van der Waals surface area contributed by atoms with Crippen molar-refractivity contribution in [2.45, 2.75) is 0 Å². The Morgan fingerprint density at radius 1 is 1.40 bits per heavy atom. The van der Waals surface area contributed by atoms with Crippen LogP contribution in [0.2, 0.25) is 0 Å². The van der Waals surface area contributed by atoms with Crippen molar-refractivity contribution in [2.24, 2.45) is 0 Å². The van der Waals surface area contributed by atoms with Gasteiger partial charge in [-0.25, -0.2) is 0 Å². The molecule has 0 spiro atoms. The van der Waals surface area contributed by atoms with Crippen molar-refractivity contribution in [3.63, 3.8) is 0 Å². The number of carbonyl (C=O) groups is 1. The van der Waals surface area contributed by atoms with E-state index in [1.807, 2.05) is 0 Å². The molecule has 0 atom stereocenters. The summed E-state index contributed by atoms with van der Waals surface area (Å²) >= 11 is 0. The standard InChI is InChI=1S/C7H6N2O/c8-4-1-2-6-5(3-4)7(10)9-6/h1-3H,8H2,(H,9,10). The molecule has 3 heteroatoms. The zero-order valence-electron chi connectivity index (χ0n) is 5.22. The Kier molecular flexibility index (Phi) is 0.795. The highest BCUT2D eigenvalue weighted by Crippen LogP contribution is 2.26. The second-order valence-electron chi connectivity index (χ2n) is 2.26. The summed E-state index contributed by atoms with van der Waals surface area (Å²) < 4.78 is 0. The van der Waals surface area contributed by atoms with Gasteiger partial charge in [-0.05, 0) is 18.2 Å². The maximum Gasteiger partial charge on any atom is 0.257 e. The van der Waals surface area contributed by atoms with Gasteiger partial charge in [0.05, 0.1) is 11.3 Å². The third kappa shape index (κ3) is 0.515. The Hall–Kier alpha value is -1.51.